The molecule has 0 saturated heterocycles. The average molecular weight is 330 g/mol. The Morgan fingerprint density at radius 1 is 1.37 bits per heavy atom. The van der Waals surface area contributed by atoms with Crippen LogP contribution in [0.3, 0.4) is 0 Å². The minimum absolute atomic E-state index is 0.121. The van der Waals surface area contributed by atoms with Crippen LogP contribution in [0.25, 0.3) is 0 Å². The third-order valence-corrected chi connectivity index (χ3v) is 4.60. The fraction of sp³-hybridized carbons (Fsp3) is 0.571. The molecule has 4 nitrogen and oxygen atoms in total. The largest absolute Gasteiger partial charge is 0.504 e. The second-order valence-electron chi connectivity index (χ2n) is 5.11. The van der Waals surface area contributed by atoms with E-state index in [4.69, 9.17) is 4.74 Å². The summed E-state index contributed by atoms with van der Waals surface area (Å²) in [5.74, 6) is 0.584. The summed E-state index contributed by atoms with van der Waals surface area (Å²) < 4.78 is 5.95. The topological polar surface area (TPSA) is 61.7 Å². The Morgan fingerprint density at radius 3 is 2.63 bits per heavy atom. The number of hydrogen-bond donors (Lipinski definition) is 3. The second kappa shape index (κ2) is 6.11. The summed E-state index contributed by atoms with van der Waals surface area (Å²) in [7, 11) is 1.53. The van der Waals surface area contributed by atoms with E-state index in [1.165, 1.54) is 7.11 Å². The van der Waals surface area contributed by atoms with E-state index in [0.717, 1.165) is 35.7 Å². The lowest BCUT2D eigenvalue weighted by atomic mass is 9.98. The van der Waals surface area contributed by atoms with Crippen molar-refractivity contribution in [1.29, 1.82) is 0 Å². The van der Waals surface area contributed by atoms with E-state index < -0.39 is 0 Å². The van der Waals surface area contributed by atoms with Gasteiger partial charge < -0.3 is 20.3 Å². The molecule has 3 N–H and O–H groups in total. The normalized spacial score (nSPS) is 17.6. The Kier molecular flexibility index (Phi) is 4.71. The number of aromatic hydroxyl groups is 1. The highest BCUT2D eigenvalue weighted by molar-refractivity contribution is 9.10. The smallest absolute Gasteiger partial charge is 0.160 e. The van der Waals surface area contributed by atoms with Gasteiger partial charge in [-0.25, -0.2) is 0 Å². The highest BCUT2D eigenvalue weighted by Crippen LogP contribution is 2.34. The number of nitrogens with one attached hydrogen (secondary N) is 1. The number of hydrogen-bond acceptors (Lipinski definition) is 4. The summed E-state index contributed by atoms with van der Waals surface area (Å²) in [5, 5.41) is 22.7. The van der Waals surface area contributed by atoms with Gasteiger partial charge in [-0.1, -0.05) is 28.8 Å². The highest BCUT2D eigenvalue weighted by Gasteiger charge is 2.32. The number of ether oxygens (including phenoxy) is 1. The standard InChI is InChI=1S/C14H20BrNO3/c1-19-13-6-10(11(15)7-12(13)18)8-16-14(9-17)4-2-3-5-14/h6-7,16-18H,2-5,8-9H2,1H3. The fourth-order valence-corrected chi connectivity index (χ4v) is 3.08. The van der Waals surface area contributed by atoms with Crippen LogP contribution in [0.5, 0.6) is 11.5 Å². The summed E-state index contributed by atoms with van der Waals surface area (Å²) in [6, 6.07) is 3.45. The maximum Gasteiger partial charge on any atom is 0.160 e. The Bertz CT molecular complexity index is 445. The van der Waals surface area contributed by atoms with Gasteiger partial charge in [-0.15, -0.1) is 0 Å². The molecule has 0 unspecified atom stereocenters. The number of aliphatic hydroxyl groups excluding tert-OH is 1. The van der Waals surface area contributed by atoms with Gasteiger partial charge in [-0.3, -0.25) is 0 Å². The van der Waals surface area contributed by atoms with E-state index in [0.29, 0.717) is 12.3 Å². The van der Waals surface area contributed by atoms with E-state index in [2.05, 4.69) is 21.2 Å². The fourth-order valence-electron chi connectivity index (χ4n) is 2.61. The third-order valence-electron chi connectivity index (χ3n) is 3.87. The molecule has 1 aliphatic carbocycles. The molecule has 0 bridgehead atoms. The third kappa shape index (κ3) is 3.22. The monoisotopic (exact) mass is 329 g/mol. The first-order valence-corrected chi connectivity index (χ1v) is 7.31. The van der Waals surface area contributed by atoms with Gasteiger partial charge in [0.1, 0.15) is 0 Å². The van der Waals surface area contributed by atoms with Crippen LogP contribution in [0.4, 0.5) is 0 Å². The van der Waals surface area contributed by atoms with Crippen molar-refractivity contribution in [1.82, 2.24) is 5.32 Å². The molecule has 1 fully saturated rings. The molecule has 1 aromatic rings. The first-order chi connectivity index (χ1) is 9.10. The number of phenols is 1. The molecule has 106 valence electrons. The van der Waals surface area contributed by atoms with Crippen LogP contribution in [0.1, 0.15) is 31.2 Å². The van der Waals surface area contributed by atoms with Crippen molar-refractivity contribution in [2.75, 3.05) is 13.7 Å². The molecule has 0 aromatic heterocycles. The molecule has 0 atom stereocenters. The molecule has 19 heavy (non-hydrogen) atoms. The number of methoxy groups -OCH3 is 1. The van der Waals surface area contributed by atoms with Crippen LogP contribution in [0, 0.1) is 0 Å². The lowest BCUT2D eigenvalue weighted by Gasteiger charge is -2.28. The van der Waals surface area contributed by atoms with E-state index in [1.807, 2.05) is 6.07 Å². The molecule has 0 heterocycles. The molecule has 1 aliphatic rings. The lowest BCUT2D eigenvalue weighted by molar-refractivity contribution is 0.163. The van der Waals surface area contributed by atoms with E-state index in [9.17, 15) is 10.2 Å². The van der Waals surface area contributed by atoms with Crippen LogP contribution in [0.15, 0.2) is 16.6 Å². The maximum atomic E-state index is 9.68. The lowest BCUT2D eigenvalue weighted by Crippen LogP contribution is -2.45. The van der Waals surface area contributed by atoms with Crippen molar-refractivity contribution in [3.05, 3.63) is 22.2 Å². The number of aliphatic hydroxyl groups is 1. The van der Waals surface area contributed by atoms with Crippen molar-refractivity contribution in [3.8, 4) is 11.5 Å². The molecule has 2 rings (SSSR count). The summed E-state index contributed by atoms with van der Waals surface area (Å²) in [4.78, 5) is 0. The van der Waals surface area contributed by atoms with Crippen molar-refractivity contribution in [3.63, 3.8) is 0 Å². The Labute approximate surface area is 121 Å². The van der Waals surface area contributed by atoms with Gasteiger partial charge in [-0.05, 0) is 30.5 Å². The first kappa shape index (κ1) is 14.6. The van der Waals surface area contributed by atoms with Gasteiger partial charge in [0.25, 0.3) is 0 Å². The summed E-state index contributed by atoms with van der Waals surface area (Å²) in [6.07, 6.45) is 4.34. The molecule has 0 spiro atoms. The Hall–Kier alpha value is -0.780. The summed E-state index contributed by atoms with van der Waals surface area (Å²) in [6.45, 7) is 0.803. The zero-order valence-corrected chi connectivity index (χ0v) is 12.7. The predicted molar refractivity (Wildman–Crippen MR) is 77.5 cm³/mol. The second-order valence-corrected chi connectivity index (χ2v) is 5.97. The minimum Gasteiger partial charge on any atom is -0.504 e. The van der Waals surface area contributed by atoms with E-state index in [1.54, 1.807) is 6.07 Å². The van der Waals surface area contributed by atoms with Crippen molar-refractivity contribution in [2.45, 2.75) is 37.8 Å². The molecule has 1 saturated carbocycles. The van der Waals surface area contributed by atoms with Gasteiger partial charge in [-0.2, -0.15) is 0 Å². The number of halogens is 1. The number of phenolic OH excluding ortho intramolecular Hbond substituents is 1. The van der Waals surface area contributed by atoms with Crippen LogP contribution in [-0.2, 0) is 6.54 Å². The van der Waals surface area contributed by atoms with Crippen molar-refractivity contribution in [2.24, 2.45) is 0 Å². The van der Waals surface area contributed by atoms with E-state index in [-0.39, 0.29) is 17.9 Å². The van der Waals surface area contributed by atoms with Gasteiger partial charge in [0, 0.05) is 16.6 Å². The van der Waals surface area contributed by atoms with Crippen LogP contribution in [0.2, 0.25) is 0 Å². The average Bonchev–Trinajstić information content (AvgIpc) is 2.87. The molecule has 1 aromatic carbocycles. The maximum absolute atomic E-state index is 9.68. The molecular weight excluding hydrogens is 310 g/mol. The van der Waals surface area contributed by atoms with Crippen LogP contribution in [-0.4, -0.2) is 29.5 Å². The molecular formula is C14H20BrNO3. The molecule has 0 radical (unpaired) electrons. The Morgan fingerprint density at radius 2 is 2.05 bits per heavy atom. The summed E-state index contributed by atoms with van der Waals surface area (Å²) >= 11 is 3.44. The van der Waals surface area contributed by atoms with Crippen molar-refractivity contribution < 1.29 is 14.9 Å². The molecule has 0 amide bonds. The van der Waals surface area contributed by atoms with Crippen molar-refractivity contribution >= 4 is 15.9 Å². The van der Waals surface area contributed by atoms with Gasteiger partial charge in [0.15, 0.2) is 11.5 Å². The number of rotatable bonds is 5. The van der Waals surface area contributed by atoms with E-state index >= 15 is 0 Å². The van der Waals surface area contributed by atoms with Gasteiger partial charge >= 0.3 is 0 Å². The predicted octanol–water partition coefficient (Wildman–Crippen LogP) is 2.56. The summed E-state index contributed by atoms with van der Waals surface area (Å²) in [5.41, 5.74) is 0.860. The number of benzene rings is 1. The van der Waals surface area contributed by atoms with Gasteiger partial charge in [0.2, 0.25) is 0 Å². The SMILES string of the molecule is COc1cc(CNC2(CO)CCCC2)c(Br)cc1O. The minimum atomic E-state index is -0.148. The van der Waals surface area contributed by atoms with Crippen LogP contribution >= 0.6 is 15.9 Å². The highest BCUT2D eigenvalue weighted by atomic mass is 79.9. The molecule has 5 heteroatoms. The van der Waals surface area contributed by atoms with Crippen LogP contribution < -0.4 is 10.1 Å². The zero-order valence-electron chi connectivity index (χ0n) is 11.1. The molecule has 0 aliphatic heterocycles. The van der Waals surface area contributed by atoms with Gasteiger partial charge in [0.05, 0.1) is 13.7 Å². The first-order valence-electron chi connectivity index (χ1n) is 6.51. The zero-order chi connectivity index (χ0) is 13.9. The Balaban J connectivity index is 2.10. The quantitative estimate of drug-likeness (QED) is 0.777.